The number of aryl methyl sites for hydroxylation is 1. The van der Waals surface area contributed by atoms with Gasteiger partial charge in [-0.2, -0.15) is 0 Å². The van der Waals surface area contributed by atoms with Gasteiger partial charge in [0.25, 0.3) is 5.69 Å². The summed E-state index contributed by atoms with van der Waals surface area (Å²) in [6.07, 6.45) is 0. The van der Waals surface area contributed by atoms with Gasteiger partial charge in [-0.15, -0.1) is 0 Å². The Morgan fingerprint density at radius 3 is 2.05 bits per heavy atom. The Morgan fingerprint density at radius 1 is 1.05 bits per heavy atom. The minimum atomic E-state index is -0.484. The van der Waals surface area contributed by atoms with Crippen molar-refractivity contribution in [3.8, 4) is 0 Å². The summed E-state index contributed by atoms with van der Waals surface area (Å²) in [6, 6.07) is 12.5. The predicted octanol–water partition coefficient (Wildman–Crippen LogP) is 2.82. The Bertz CT molecular complexity index is 610. The molecule has 0 aromatic heterocycles. The molecule has 0 saturated carbocycles. The van der Waals surface area contributed by atoms with Crippen LogP contribution >= 0.6 is 0 Å². The van der Waals surface area contributed by atoms with Crippen LogP contribution in [0.25, 0.3) is 0 Å². The number of anilines is 3. The quantitative estimate of drug-likeness (QED) is 0.503. The second kappa shape index (κ2) is 7.14. The fourth-order valence-electron chi connectivity index (χ4n) is 1.58. The first kappa shape index (κ1) is 16.3. The van der Waals surface area contributed by atoms with Crippen molar-refractivity contribution in [1.29, 1.82) is 0 Å². The molecule has 2 rings (SSSR count). The number of nitro groups is 1. The van der Waals surface area contributed by atoms with Crippen molar-refractivity contribution in [2.75, 3.05) is 30.5 Å². The van der Waals surface area contributed by atoms with E-state index in [0.717, 1.165) is 11.3 Å². The third kappa shape index (κ3) is 5.02. The molecular weight excluding hydrogens is 268 g/mol. The average molecular weight is 288 g/mol. The van der Waals surface area contributed by atoms with Crippen LogP contribution in [-0.4, -0.2) is 19.0 Å². The van der Waals surface area contributed by atoms with Gasteiger partial charge in [-0.05, 0) is 42.8 Å². The predicted molar refractivity (Wildman–Crippen MR) is 87.4 cm³/mol. The summed E-state index contributed by atoms with van der Waals surface area (Å²) in [7, 11) is 4.01. The fourth-order valence-corrected chi connectivity index (χ4v) is 1.58. The van der Waals surface area contributed by atoms with E-state index in [1.807, 2.05) is 43.3 Å². The van der Waals surface area contributed by atoms with Crippen LogP contribution in [0.5, 0.6) is 0 Å². The van der Waals surface area contributed by atoms with Crippen molar-refractivity contribution >= 4 is 22.7 Å². The van der Waals surface area contributed by atoms with Crippen LogP contribution in [0.15, 0.2) is 42.5 Å². The molecule has 0 radical (unpaired) electrons. The molecule has 0 atom stereocenters. The second-order valence-corrected chi connectivity index (χ2v) is 4.81. The normalized spacial score (nSPS) is 9.48. The number of nitro benzene ring substituents is 1. The average Bonchev–Trinajstić information content (AvgIpc) is 2.42. The van der Waals surface area contributed by atoms with Gasteiger partial charge in [-0.1, -0.05) is 6.07 Å². The summed E-state index contributed by atoms with van der Waals surface area (Å²) >= 11 is 0. The number of rotatable bonds is 2. The van der Waals surface area contributed by atoms with Crippen molar-refractivity contribution in [2.24, 2.45) is 0 Å². The van der Waals surface area contributed by atoms with Gasteiger partial charge < -0.3 is 16.4 Å². The lowest BCUT2D eigenvalue weighted by Crippen LogP contribution is -2.08. The minimum absolute atomic E-state index is 0.0231. The van der Waals surface area contributed by atoms with Crippen LogP contribution in [-0.2, 0) is 0 Å². The van der Waals surface area contributed by atoms with Crippen LogP contribution in [0.2, 0.25) is 0 Å². The SMILES string of the molecule is CN(C)c1ccc(N)cc1.Cc1ccc(N)c([N+](=O)[O-])c1. The first-order chi connectivity index (χ1) is 9.81. The maximum Gasteiger partial charge on any atom is 0.292 e. The number of nitrogens with zero attached hydrogens (tertiary/aromatic N) is 2. The van der Waals surface area contributed by atoms with E-state index in [0.29, 0.717) is 0 Å². The fraction of sp³-hybridized carbons (Fsp3) is 0.200. The van der Waals surface area contributed by atoms with Crippen molar-refractivity contribution in [3.05, 3.63) is 58.1 Å². The molecule has 2 aromatic rings. The lowest BCUT2D eigenvalue weighted by molar-refractivity contribution is -0.383. The maximum atomic E-state index is 10.3. The van der Waals surface area contributed by atoms with Gasteiger partial charge in [0.2, 0.25) is 0 Å². The van der Waals surface area contributed by atoms with Crippen LogP contribution in [0.3, 0.4) is 0 Å². The number of hydrogen-bond donors (Lipinski definition) is 2. The summed E-state index contributed by atoms with van der Waals surface area (Å²) in [5.74, 6) is 0. The van der Waals surface area contributed by atoms with Crippen molar-refractivity contribution in [1.82, 2.24) is 0 Å². The molecular formula is C15H20N4O2. The van der Waals surface area contributed by atoms with E-state index >= 15 is 0 Å². The topological polar surface area (TPSA) is 98.4 Å². The third-order valence-corrected chi connectivity index (χ3v) is 2.79. The Labute approximate surface area is 124 Å². The van der Waals surface area contributed by atoms with Crippen LogP contribution in [0, 0.1) is 17.0 Å². The zero-order chi connectivity index (χ0) is 16.0. The zero-order valence-corrected chi connectivity index (χ0v) is 12.4. The molecule has 0 aliphatic rings. The molecule has 2 aromatic carbocycles. The van der Waals surface area contributed by atoms with E-state index < -0.39 is 4.92 Å². The highest BCUT2D eigenvalue weighted by Crippen LogP contribution is 2.21. The molecule has 6 heteroatoms. The Balaban J connectivity index is 0.000000211. The molecule has 112 valence electrons. The largest absolute Gasteiger partial charge is 0.399 e. The minimum Gasteiger partial charge on any atom is -0.399 e. The van der Waals surface area contributed by atoms with E-state index in [1.165, 1.54) is 17.8 Å². The lowest BCUT2D eigenvalue weighted by Gasteiger charge is -2.11. The monoisotopic (exact) mass is 288 g/mol. The first-order valence-corrected chi connectivity index (χ1v) is 6.34. The van der Waals surface area contributed by atoms with Gasteiger partial charge in [0, 0.05) is 31.5 Å². The van der Waals surface area contributed by atoms with Gasteiger partial charge in [0.05, 0.1) is 4.92 Å². The van der Waals surface area contributed by atoms with Gasteiger partial charge in [-0.3, -0.25) is 10.1 Å². The number of nitrogen functional groups attached to an aromatic ring is 2. The van der Waals surface area contributed by atoms with Crippen molar-refractivity contribution in [2.45, 2.75) is 6.92 Å². The van der Waals surface area contributed by atoms with Crippen molar-refractivity contribution < 1.29 is 4.92 Å². The highest BCUT2D eigenvalue weighted by molar-refractivity contribution is 5.58. The highest BCUT2D eigenvalue weighted by atomic mass is 16.6. The highest BCUT2D eigenvalue weighted by Gasteiger charge is 2.09. The van der Waals surface area contributed by atoms with E-state index in [-0.39, 0.29) is 11.4 Å². The van der Waals surface area contributed by atoms with Crippen LogP contribution in [0.4, 0.5) is 22.7 Å². The molecule has 6 nitrogen and oxygen atoms in total. The number of benzene rings is 2. The molecule has 0 fully saturated rings. The van der Waals surface area contributed by atoms with E-state index in [1.54, 1.807) is 13.0 Å². The standard InChI is InChI=1S/C8H12N2.C7H8N2O2/c1-10(2)8-5-3-7(9)4-6-8;1-5-2-3-6(8)7(4-5)9(10)11/h3-6H,9H2,1-2H3;2-4H,8H2,1H3. The van der Waals surface area contributed by atoms with Gasteiger partial charge in [-0.25, -0.2) is 0 Å². The third-order valence-electron chi connectivity index (χ3n) is 2.79. The van der Waals surface area contributed by atoms with Gasteiger partial charge >= 0.3 is 0 Å². The number of nitrogens with two attached hydrogens (primary N) is 2. The lowest BCUT2D eigenvalue weighted by atomic mass is 10.2. The molecule has 0 unspecified atom stereocenters. The summed E-state index contributed by atoms with van der Waals surface area (Å²) < 4.78 is 0. The van der Waals surface area contributed by atoms with Gasteiger partial charge in [0.15, 0.2) is 0 Å². The van der Waals surface area contributed by atoms with Crippen LogP contribution in [0.1, 0.15) is 5.56 Å². The first-order valence-electron chi connectivity index (χ1n) is 6.34. The molecule has 0 aliphatic heterocycles. The molecule has 0 bridgehead atoms. The smallest absolute Gasteiger partial charge is 0.292 e. The Kier molecular flexibility index (Phi) is 5.54. The van der Waals surface area contributed by atoms with Crippen LogP contribution < -0.4 is 16.4 Å². The molecule has 0 spiro atoms. The second-order valence-electron chi connectivity index (χ2n) is 4.81. The maximum absolute atomic E-state index is 10.3. The molecule has 0 amide bonds. The van der Waals surface area contributed by atoms with Crippen molar-refractivity contribution in [3.63, 3.8) is 0 Å². The van der Waals surface area contributed by atoms with E-state index in [9.17, 15) is 10.1 Å². The van der Waals surface area contributed by atoms with E-state index in [4.69, 9.17) is 11.5 Å². The Morgan fingerprint density at radius 2 is 1.62 bits per heavy atom. The molecule has 4 N–H and O–H groups in total. The molecule has 0 saturated heterocycles. The summed E-state index contributed by atoms with van der Waals surface area (Å²) in [5.41, 5.74) is 13.9. The zero-order valence-electron chi connectivity index (χ0n) is 12.4. The summed E-state index contributed by atoms with van der Waals surface area (Å²) in [6.45, 7) is 1.78. The molecule has 0 aliphatic carbocycles. The van der Waals surface area contributed by atoms with E-state index in [2.05, 4.69) is 0 Å². The number of hydrogen-bond acceptors (Lipinski definition) is 5. The molecule has 0 heterocycles. The van der Waals surface area contributed by atoms with Gasteiger partial charge in [0.1, 0.15) is 5.69 Å². The summed E-state index contributed by atoms with van der Waals surface area (Å²) in [5, 5.41) is 10.3. The molecule has 21 heavy (non-hydrogen) atoms. The summed E-state index contributed by atoms with van der Waals surface area (Å²) in [4.78, 5) is 11.9. The Hall–Kier alpha value is -2.76.